The van der Waals surface area contributed by atoms with Crippen LogP contribution >= 0.6 is 12.4 Å². The number of amides is 1. The van der Waals surface area contributed by atoms with E-state index in [2.05, 4.69) is 41.7 Å². The molecule has 2 aromatic carbocycles. The molecule has 0 aromatic heterocycles. The number of halogens is 1. The summed E-state index contributed by atoms with van der Waals surface area (Å²) in [5.74, 6) is 0.468. The molecule has 1 amide bonds. The highest BCUT2D eigenvalue weighted by Crippen LogP contribution is 2.26. The number of nitrogens with one attached hydrogen (secondary N) is 1. The number of nitrogens with two attached hydrogens (primary N) is 1. The van der Waals surface area contributed by atoms with Gasteiger partial charge < -0.3 is 11.1 Å². The minimum absolute atomic E-state index is 0. The second-order valence-corrected chi connectivity index (χ2v) is 6.40. The number of rotatable bonds is 5. The van der Waals surface area contributed by atoms with Crippen molar-refractivity contribution in [3.8, 4) is 11.1 Å². The Labute approximate surface area is 150 Å². The van der Waals surface area contributed by atoms with Crippen molar-refractivity contribution in [1.82, 2.24) is 5.32 Å². The topological polar surface area (TPSA) is 55.1 Å². The molecule has 3 rings (SSSR count). The molecule has 3 N–H and O–H groups in total. The molecule has 0 saturated heterocycles. The van der Waals surface area contributed by atoms with E-state index in [4.69, 9.17) is 5.73 Å². The minimum Gasteiger partial charge on any atom is -0.352 e. The lowest BCUT2D eigenvalue weighted by Crippen LogP contribution is -2.31. The van der Waals surface area contributed by atoms with Gasteiger partial charge in [-0.25, -0.2) is 0 Å². The standard InChI is InChI=1S/C20H24N2O.ClH/c21-19-8-4-7-18(19)13-20(23)22-14-15-9-11-17(12-10-15)16-5-2-1-3-6-16;/h1-3,5-6,9-12,18-19H,4,7-8,13-14,21H2,(H,22,23);1H/t18-,19+;/m0./s1. The van der Waals surface area contributed by atoms with Crippen molar-refractivity contribution in [1.29, 1.82) is 0 Å². The fourth-order valence-corrected chi connectivity index (χ4v) is 3.28. The molecule has 1 saturated carbocycles. The first-order valence-electron chi connectivity index (χ1n) is 8.39. The zero-order valence-corrected chi connectivity index (χ0v) is 14.6. The van der Waals surface area contributed by atoms with Gasteiger partial charge in [0.15, 0.2) is 0 Å². The Hall–Kier alpha value is -1.84. The highest BCUT2D eigenvalue weighted by molar-refractivity contribution is 5.85. The van der Waals surface area contributed by atoms with Crippen LogP contribution in [0.4, 0.5) is 0 Å². The summed E-state index contributed by atoms with van der Waals surface area (Å²) >= 11 is 0. The van der Waals surface area contributed by atoms with Crippen LogP contribution in [-0.2, 0) is 11.3 Å². The molecular weight excluding hydrogens is 320 g/mol. The Morgan fingerprint density at radius 2 is 1.67 bits per heavy atom. The second-order valence-electron chi connectivity index (χ2n) is 6.40. The monoisotopic (exact) mass is 344 g/mol. The first-order valence-corrected chi connectivity index (χ1v) is 8.39. The van der Waals surface area contributed by atoms with Gasteiger partial charge in [0, 0.05) is 19.0 Å². The van der Waals surface area contributed by atoms with E-state index in [0.29, 0.717) is 18.9 Å². The van der Waals surface area contributed by atoms with Crippen molar-refractivity contribution < 1.29 is 4.79 Å². The summed E-state index contributed by atoms with van der Waals surface area (Å²) in [5.41, 5.74) is 9.54. The highest BCUT2D eigenvalue weighted by Gasteiger charge is 2.25. The van der Waals surface area contributed by atoms with E-state index >= 15 is 0 Å². The van der Waals surface area contributed by atoms with Crippen LogP contribution in [0.3, 0.4) is 0 Å². The zero-order chi connectivity index (χ0) is 16.1. The first-order chi connectivity index (χ1) is 11.2. The Balaban J connectivity index is 0.00000208. The lowest BCUT2D eigenvalue weighted by molar-refractivity contribution is -0.122. The van der Waals surface area contributed by atoms with Crippen molar-refractivity contribution in [3.63, 3.8) is 0 Å². The van der Waals surface area contributed by atoms with Gasteiger partial charge in [0.05, 0.1) is 0 Å². The number of hydrogen-bond donors (Lipinski definition) is 2. The molecule has 1 aliphatic rings. The molecule has 24 heavy (non-hydrogen) atoms. The summed E-state index contributed by atoms with van der Waals surface area (Å²) in [5, 5.41) is 3.01. The van der Waals surface area contributed by atoms with Crippen LogP contribution in [0.2, 0.25) is 0 Å². The Morgan fingerprint density at radius 3 is 2.29 bits per heavy atom. The van der Waals surface area contributed by atoms with E-state index in [1.54, 1.807) is 0 Å². The summed E-state index contributed by atoms with van der Waals surface area (Å²) in [6.07, 6.45) is 3.85. The van der Waals surface area contributed by atoms with Crippen LogP contribution in [0.5, 0.6) is 0 Å². The number of carbonyl (C=O) groups excluding carboxylic acids is 1. The van der Waals surface area contributed by atoms with Crippen molar-refractivity contribution in [2.45, 2.75) is 38.3 Å². The largest absolute Gasteiger partial charge is 0.352 e. The smallest absolute Gasteiger partial charge is 0.220 e. The molecule has 0 unspecified atom stereocenters. The highest BCUT2D eigenvalue weighted by atomic mass is 35.5. The van der Waals surface area contributed by atoms with Gasteiger partial charge in [-0.2, -0.15) is 0 Å². The van der Waals surface area contributed by atoms with E-state index in [1.165, 1.54) is 11.1 Å². The maximum atomic E-state index is 12.0. The summed E-state index contributed by atoms with van der Waals surface area (Å²) in [7, 11) is 0. The molecule has 0 aliphatic heterocycles. The van der Waals surface area contributed by atoms with Gasteiger partial charge in [0.2, 0.25) is 5.91 Å². The molecule has 0 bridgehead atoms. The zero-order valence-electron chi connectivity index (χ0n) is 13.8. The molecule has 128 valence electrons. The molecule has 2 atom stereocenters. The Kier molecular flexibility index (Phi) is 6.83. The lowest BCUT2D eigenvalue weighted by Gasteiger charge is -2.14. The van der Waals surface area contributed by atoms with Crippen LogP contribution in [0.15, 0.2) is 54.6 Å². The Bertz CT molecular complexity index is 642. The third kappa shape index (κ3) is 4.83. The van der Waals surface area contributed by atoms with Crippen molar-refractivity contribution >= 4 is 18.3 Å². The van der Waals surface area contributed by atoms with Crippen molar-refractivity contribution in [2.75, 3.05) is 0 Å². The summed E-state index contributed by atoms with van der Waals surface area (Å²) in [4.78, 5) is 12.0. The van der Waals surface area contributed by atoms with Crippen molar-refractivity contribution in [3.05, 3.63) is 60.2 Å². The fraction of sp³-hybridized carbons (Fsp3) is 0.350. The van der Waals surface area contributed by atoms with Gasteiger partial charge in [-0.3, -0.25) is 4.79 Å². The van der Waals surface area contributed by atoms with Gasteiger partial charge in [-0.1, -0.05) is 61.0 Å². The van der Waals surface area contributed by atoms with E-state index in [9.17, 15) is 4.79 Å². The predicted octanol–water partition coefficient (Wildman–Crippen LogP) is 3.91. The van der Waals surface area contributed by atoms with Crippen LogP contribution in [0.1, 0.15) is 31.2 Å². The molecule has 1 aliphatic carbocycles. The normalized spacial score (nSPS) is 19.5. The maximum Gasteiger partial charge on any atom is 0.220 e. The quantitative estimate of drug-likeness (QED) is 0.864. The fourth-order valence-electron chi connectivity index (χ4n) is 3.28. The molecule has 4 heteroatoms. The first kappa shape index (κ1) is 18.5. The third-order valence-electron chi connectivity index (χ3n) is 4.72. The minimum atomic E-state index is 0. The van der Waals surface area contributed by atoms with Crippen LogP contribution < -0.4 is 11.1 Å². The van der Waals surface area contributed by atoms with Gasteiger partial charge >= 0.3 is 0 Å². The summed E-state index contributed by atoms with van der Waals surface area (Å²) < 4.78 is 0. The van der Waals surface area contributed by atoms with Gasteiger partial charge in [-0.15, -0.1) is 12.4 Å². The lowest BCUT2D eigenvalue weighted by atomic mass is 10.00. The van der Waals surface area contributed by atoms with E-state index in [1.807, 2.05) is 18.2 Å². The number of benzene rings is 2. The molecule has 3 nitrogen and oxygen atoms in total. The molecule has 1 fully saturated rings. The van der Waals surface area contributed by atoms with Crippen LogP contribution in [-0.4, -0.2) is 11.9 Å². The molecule has 0 radical (unpaired) electrons. The van der Waals surface area contributed by atoms with Crippen LogP contribution in [0.25, 0.3) is 11.1 Å². The Morgan fingerprint density at radius 1 is 1.00 bits per heavy atom. The summed E-state index contributed by atoms with van der Waals surface area (Å²) in [6.45, 7) is 0.579. The van der Waals surface area contributed by atoms with E-state index < -0.39 is 0 Å². The average molecular weight is 345 g/mol. The van der Waals surface area contributed by atoms with E-state index in [0.717, 1.165) is 24.8 Å². The van der Waals surface area contributed by atoms with Crippen molar-refractivity contribution in [2.24, 2.45) is 11.7 Å². The second kappa shape index (κ2) is 8.86. The summed E-state index contributed by atoms with van der Waals surface area (Å²) in [6, 6.07) is 18.8. The average Bonchev–Trinajstić information content (AvgIpc) is 2.99. The molecule has 0 heterocycles. The predicted molar refractivity (Wildman–Crippen MR) is 101 cm³/mol. The van der Waals surface area contributed by atoms with Gasteiger partial charge in [-0.05, 0) is 35.4 Å². The molecule has 0 spiro atoms. The van der Waals surface area contributed by atoms with Gasteiger partial charge in [0.1, 0.15) is 0 Å². The number of carbonyl (C=O) groups is 1. The molecular formula is C20H25ClN2O. The molecule has 2 aromatic rings. The third-order valence-corrected chi connectivity index (χ3v) is 4.72. The SMILES string of the molecule is Cl.N[C@@H]1CCC[C@H]1CC(=O)NCc1ccc(-c2ccccc2)cc1. The number of hydrogen-bond acceptors (Lipinski definition) is 2. The van der Waals surface area contributed by atoms with Gasteiger partial charge in [0.25, 0.3) is 0 Å². The van der Waals surface area contributed by atoms with Crippen LogP contribution in [0, 0.1) is 5.92 Å². The maximum absolute atomic E-state index is 12.0. The van der Waals surface area contributed by atoms with E-state index in [-0.39, 0.29) is 24.4 Å².